The van der Waals surface area contributed by atoms with Crippen LogP contribution in [0.25, 0.3) is 0 Å². The minimum atomic E-state index is 0.496. The van der Waals surface area contributed by atoms with Crippen LogP contribution in [-0.2, 0) is 0 Å². The maximum atomic E-state index is 4.59. The highest BCUT2D eigenvalue weighted by atomic mass is 14.8. The number of aryl methyl sites for hydroxylation is 1. The van der Waals surface area contributed by atoms with Crippen molar-refractivity contribution in [3.63, 3.8) is 0 Å². The molecule has 2 aliphatic rings. The molecule has 3 rings (SSSR count). The molecule has 0 radical (unpaired) electrons. The van der Waals surface area contributed by atoms with E-state index in [4.69, 9.17) is 0 Å². The van der Waals surface area contributed by atoms with Crippen LogP contribution in [-0.4, -0.2) is 12.3 Å². The third kappa shape index (κ3) is 1.74. The topological polar surface area (TPSA) is 12.4 Å². The van der Waals surface area contributed by atoms with Gasteiger partial charge in [-0.25, -0.2) is 0 Å². The standard InChI is InChI=1S/C14H15N/c1-10-3-2-4-12(7-10)13-8-14(15-9-13)11-5-6-11/h2-5,7,9,13-14H,6,8H2,1H3. The highest BCUT2D eigenvalue weighted by molar-refractivity contribution is 5.71. The molecule has 1 aromatic carbocycles. The lowest BCUT2D eigenvalue weighted by molar-refractivity contribution is 0.728. The molecule has 1 heteroatoms. The first-order chi connectivity index (χ1) is 7.33. The van der Waals surface area contributed by atoms with Gasteiger partial charge in [-0.1, -0.05) is 35.9 Å². The van der Waals surface area contributed by atoms with Crippen molar-refractivity contribution in [3.05, 3.63) is 47.0 Å². The van der Waals surface area contributed by atoms with E-state index in [9.17, 15) is 0 Å². The van der Waals surface area contributed by atoms with Crippen molar-refractivity contribution in [3.8, 4) is 0 Å². The minimum Gasteiger partial charge on any atom is -0.289 e. The van der Waals surface area contributed by atoms with Crippen molar-refractivity contribution in [2.45, 2.75) is 31.7 Å². The first-order valence-corrected chi connectivity index (χ1v) is 5.62. The zero-order valence-corrected chi connectivity index (χ0v) is 8.98. The Morgan fingerprint density at radius 1 is 1.33 bits per heavy atom. The van der Waals surface area contributed by atoms with E-state index in [-0.39, 0.29) is 0 Å². The SMILES string of the molecule is Cc1cccc(C2C=NC(C3=CC3)C2)c1. The van der Waals surface area contributed by atoms with E-state index in [1.54, 1.807) is 5.57 Å². The van der Waals surface area contributed by atoms with E-state index in [0.29, 0.717) is 12.0 Å². The molecule has 1 aliphatic carbocycles. The maximum Gasteiger partial charge on any atom is 0.0717 e. The van der Waals surface area contributed by atoms with Gasteiger partial charge in [0.2, 0.25) is 0 Å². The van der Waals surface area contributed by atoms with Crippen LogP contribution in [0.2, 0.25) is 0 Å². The molecule has 0 fully saturated rings. The number of hydrogen-bond acceptors (Lipinski definition) is 1. The fourth-order valence-corrected chi connectivity index (χ4v) is 2.27. The first kappa shape index (κ1) is 8.90. The van der Waals surface area contributed by atoms with Crippen molar-refractivity contribution in [2.75, 3.05) is 0 Å². The van der Waals surface area contributed by atoms with Crippen molar-refractivity contribution in [1.29, 1.82) is 0 Å². The molecular formula is C14H15N. The van der Waals surface area contributed by atoms with E-state index < -0.39 is 0 Å². The zero-order chi connectivity index (χ0) is 10.3. The molecule has 1 heterocycles. The van der Waals surface area contributed by atoms with Crippen LogP contribution < -0.4 is 0 Å². The Hall–Kier alpha value is -1.37. The number of rotatable bonds is 2. The van der Waals surface area contributed by atoms with Crippen LogP contribution in [0.5, 0.6) is 0 Å². The predicted molar refractivity (Wildman–Crippen MR) is 63.5 cm³/mol. The largest absolute Gasteiger partial charge is 0.289 e. The van der Waals surface area contributed by atoms with Crippen molar-refractivity contribution < 1.29 is 0 Å². The molecule has 2 atom stereocenters. The molecule has 1 nitrogen and oxygen atoms in total. The Labute approximate surface area is 90.5 Å². The van der Waals surface area contributed by atoms with Gasteiger partial charge < -0.3 is 0 Å². The summed E-state index contributed by atoms with van der Waals surface area (Å²) in [5.41, 5.74) is 4.30. The Kier molecular flexibility index (Phi) is 1.98. The normalized spacial score (nSPS) is 27.9. The summed E-state index contributed by atoms with van der Waals surface area (Å²) >= 11 is 0. The van der Waals surface area contributed by atoms with Gasteiger partial charge >= 0.3 is 0 Å². The third-order valence-electron chi connectivity index (χ3n) is 3.26. The number of allylic oxidation sites excluding steroid dienone is 1. The van der Waals surface area contributed by atoms with Crippen LogP contribution in [0.3, 0.4) is 0 Å². The molecule has 1 aromatic rings. The average Bonchev–Trinajstić information content (AvgIpc) is 2.97. The van der Waals surface area contributed by atoms with E-state index in [1.165, 1.54) is 24.0 Å². The van der Waals surface area contributed by atoms with Crippen LogP contribution >= 0.6 is 0 Å². The second-order valence-corrected chi connectivity index (χ2v) is 4.55. The summed E-state index contributed by atoms with van der Waals surface area (Å²) in [5, 5.41) is 0. The molecule has 1 aliphatic heterocycles. The Morgan fingerprint density at radius 3 is 2.93 bits per heavy atom. The number of hydrogen-bond donors (Lipinski definition) is 0. The molecule has 0 aromatic heterocycles. The Morgan fingerprint density at radius 2 is 2.20 bits per heavy atom. The van der Waals surface area contributed by atoms with Crippen LogP contribution in [0.15, 0.2) is 40.9 Å². The highest BCUT2D eigenvalue weighted by Gasteiger charge is 2.27. The number of benzene rings is 1. The van der Waals surface area contributed by atoms with Crippen molar-refractivity contribution in [2.24, 2.45) is 4.99 Å². The predicted octanol–water partition coefficient (Wildman–Crippen LogP) is 3.25. The van der Waals surface area contributed by atoms with E-state index in [0.717, 1.165) is 0 Å². The van der Waals surface area contributed by atoms with Gasteiger partial charge in [0.1, 0.15) is 0 Å². The van der Waals surface area contributed by atoms with Gasteiger partial charge in [-0.3, -0.25) is 4.99 Å². The quantitative estimate of drug-likeness (QED) is 0.645. The average molecular weight is 197 g/mol. The summed E-state index contributed by atoms with van der Waals surface area (Å²) in [4.78, 5) is 4.59. The van der Waals surface area contributed by atoms with Crippen LogP contribution in [0, 0.1) is 6.92 Å². The fourth-order valence-electron chi connectivity index (χ4n) is 2.27. The van der Waals surface area contributed by atoms with E-state index in [1.807, 2.05) is 0 Å². The molecule has 76 valence electrons. The van der Waals surface area contributed by atoms with Crippen molar-refractivity contribution >= 4 is 6.21 Å². The lowest BCUT2D eigenvalue weighted by Gasteiger charge is -2.09. The van der Waals surface area contributed by atoms with Gasteiger partial charge in [-0.05, 0) is 30.9 Å². The smallest absolute Gasteiger partial charge is 0.0717 e. The summed E-state index contributed by atoms with van der Waals surface area (Å²) in [6, 6.07) is 9.28. The molecule has 2 unspecified atom stereocenters. The van der Waals surface area contributed by atoms with Gasteiger partial charge in [-0.2, -0.15) is 0 Å². The summed E-state index contributed by atoms with van der Waals surface area (Å²) in [7, 11) is 0. The lowest BCUT2D eigenvalue weighted by atomic mass is 9.94. The minimum absolute atomic E-state index is 0.496. The van der Waals surface area contributed by atoms with Gasteiger partial charge in [0.15, 0.2) is 0 Å². The van der Waals surface area contributed by atoms with E-state index in [2.05, 4.69) is 48.5 Å². The summed E-state index contributed by atoms with van der Waals surface area (Å²) in [6.45, 7) is 2.15. The van der Waals surface area contributed by atoms with Crippen molar-refractivity contribution in [1.82, 2.24) is 0 Å². The van der Waals surface area contributed by atoms with E-state index >= 15 is 0 Å². The fraction of sp³-hybridized carbons (Fsp3) is 0.357. The second kappa shape index (κ2) is 3.34. The number of nitrogens with zero attached hydrogens (tertiary/aromatic N) is 1. The highest BCUT2D eigenvalue weighted by Crippen LogP contribution is 2.35. The monoisotopic (exact) mass is 197 g/mol. The van der Waals surface area contributed by atoms with Gasteiger partial charge in [0.05, 0.1) is 6.04 Å². The van der Waals surface area contributed by atoms with Gasteiger partial charge in [0.25, 0.3) is 0 Å². The van der Waals surface area contributed by atoms with Gasteiger partial charge in [0, 0.05) is 12.1 Å². The molecule has 0 N–H and O–H groups in total. The second-order valence-electron chi connectivity index (χ2n) is 4.55. The molecule has 0 bridgehead atoms. The summed E-state index contributed by atoms with van der Waals surface area (Å²) in [5.74, 6) is 0.538. The van der Waals surface area contributed by atoms with Crippen LogP contribution in [0.4, 0.5) is 0 Å². The molecule has 0 saturated carbocycles. The maximum absolute atomic E-state index is 4.59. The Bertz CT molecular complexity index is 442. The molecular weight excluding hydrogens is 182 g/mol. The third-order valence-corrected chi connectivity index (χ3v) is 3.26. The summed E-state index contributed by atoms with van der Waals surface area (Å²) < 4.78 is 0. The lowest BCUT2D eigenvalue weighted by Crippen LogP contribution is -2.02. The molecule has 0 spiro atoms. The zero-order valence-electron chi connectivity index (χ0n) is 8.98. The Balaban J connectivity index is 1.79. The first-order valence-electron chi connectivity index (χ1n) is 5.62. The molecule has 15 heavy (non-hydrogen) atoms. The number of aliphatic imine (C=N–C) groups is 1. The summed E-state index contributed by atoms with van der Waals surface area (Å²) in [6.07, 6.45) is 6.80. The van der Waals surface area contributed by atoms with Gasteiger partial charge in [-0.15, -0.1) is 0 Å². The molecule has 0 saturated heterocycles. The van der Waals surface area contributed by atoms with Crippen LogP contribution in [0.1, 0.15) is 29.9 Å². The molecule has 0 amide bonds.